The number of hydrogen-bond donors (Lipinski definition) is 1. The van der Waals surface area contributed by atoms with E-state index in [0.29, 0.717) is 0 Å². The number of rotatable bonds is 3. The second kappa shape index (κ2) is 4.53. The molecule has 88 valence electrons. The summed E-state index contributed by atoms with van der Waals surface area (Å²) in [7, 11) is 0. The van der Waals surface area contributed by atoms with Gasteiger partial charge in [-0.05, 0) is 41.1 Å². The molecular formula is C13H18INO. The van der Waals surface area contributed by atoms with Crippen LogP contribution in [-0.4, -0.2) is 12.1 Å². The molecule has 0 bridgehead atoms. The van der Waals surface area contributed by atoms with Crippen LogP contribution >= 0.6 is 22.6 Å². The summed E-state index contributed by atoms with van der Waals surface area (Å²) < 4.78 is 7.24. The zero-order chi connectivity index (χ0) is 11.8. The lowest BCUT2D eigenvalue weighted by Gasteiger charge is -2.51. The molecule has 1 saturated carbocycles. The van der Waals surface area contributed by atoms with E-state index in [1.165, 1.54) is 3.57 Å². The van der Waals surface area contributed by atoms with Gasteiger partial charge in [0.2, 0.25) is 0 Å². The van der Waals surface area contributed by atoms with Crippen LogP contribution in [0.1, 0.15) is 26.7 Å². The summed E-state index contributed by atoms with van der Waals surface area (Å²) >= 11 is 2.31. The summed E-state index contributed by atoms with van der Waals surface area (Å²) in [6.45, 7) is 4.41. The van der Waals surface area contributed by atoms with Gasteiger partial charge >= 0.3 is 0 Å². The number of ether oxygens (including phenoxy) is 1. The van der Waals surface area contributed by atoms with Crippen LogP contribution in [0.2, 0.25) is 0 Å². The van der Waals surface area contributed by atoms with Crippen molar-refractivity contribution in [2.24, 2.45) is 11.1 Å². The lowest BCUT2D eigenvalue weighted by atomic mass is 9.62. The highest BCUT2D eigenvalue weighted by Crippen LogP contribution is 2.45. The van der Waals surface area contributed by atoms with E-state index in [9.17, 15) is 0 Å². The molecule has 1 aromatic carbocycles. The molecule has 1 aliphatic carbocycles. The SMILES string of the molecule is CCC1(C)C(N)CC1Oc1ccccc1I. The molecule has 3 atom stereocenters. The Labute approximate surface area is 111 Å². The van der Waals surface area contributed by atoms with Gasteiger partial charge in [0, 0.05) is 17.9 Å². The van der Waals surface area contributed by atoms with Crippen molar-refractivity contribution in [1.82, 2.24) is 0 Å². The number of para-hydroxylation sites is 1. The Kier molecular flexibility index (Phi) is 3.45. The number of hydrogen-bond acceptors (Lipinski definition) is 2. The van der Waals surface area contributed by atoms with Gasteiger partial charge in [0.25, 0.3) is 0 Å². The van der Waals surface area contributed by atoms with Crippen molar-refractivity contribution in [3.05, 3.63) is 27.8 Å². The smallest absolute Gasteiger partial charge is 0.133 e. The van der Waals surface area contributed by atoms with Gasteiger partial charge < -0.3 is 10.5 Å². The van der Waals surface area contributed by atoms with E-state index in [1.807, 2.05) is 18.2 Å². The maximum Gasteiger partial charge on any atom is 0.133 e. The first-order valence-electron chi connectivity index (χ1n) is 5.74. The van der Waals surface area contributed by atoms with E-state index in [-0.39, 0.29) is 17.6 Å². The Bertz CT molecular complexity index is 382. The van der Waals surface area contributed by atoms with Gasteiger partial charge in [0.1, 0.15) is 11.9 Å². The first-order valence-corrected chi connectivity index (χ1v) is 6.82. The number of nitrogens with two attached hydrogens (primary N) is 1. The standard InChI is InChI=1S/C13H18INO/c1-3-13(2)11(15)8-12(13)16-10-7-5-4-6-9(10)14/h4-7,11-12H,3,8,15H2,1-2H3. The summed E-state index contributed by atoms with van der Waals surface area (Å²) in [6, 6.07) is 8.42. The molecule has 2 nitrogen and oxygen atoms in total. The molecule has 1 fully saturated rings. The van der Waals surface area contributed by atoms with E-state index in [4.69, 9.17) is 10.5 Å². The minimum Gasteiger partial charge on any atom is -0.489 e. The van der Waals surface area contributed by atoms with Gasteiger partial charge in [-0.2, -0.15) is 0 Å². The predicted molar refractivity (Wildman–Crippen MR) is 74.6 cm³/mol. The first-order chi connectivity index (χ1) is 7.58. The van der Waals surface area contributed by atoms with Crippen molar-refractivity contribution in [3.8, 4) is 5.75 Å². The number of halogens is 1. The third-order valence-electron chi connectivity index (χ3n) is 3.92. The molecule has 2 rings (SSSR count). The molecule has 0 aromatic heterocycles. The molecule has 1 aliphatic rings. The molecule has 0 aliphatic heterocycles. The van der Waals surface area contributed by atoms with Crippen LogP contribution in [-0.2, 0) is 0 Å². The fraction of sp³-hybridized carbons (Fsp3) is 0.538. The van der Waals surface area contributed by atoms with E-state index in [2.05, 4.69) is 42.5 Å². The van der Waals surface area contributed by atoms with E-state index < -0.39 is 0 Å². The van der Waals surface area contributed by atoms with Crippen molar-refractivity contribution >= 4 is 22.6 Å². The Morgan fingerprint density at radius 1 is 1.50 bits per heavy atom. The summed E-state index contributed by atoms with van der Waals surface area (Å²) in [4.78, 5) is 0. The Morgan fingerprint density at radius 2 is 2.19 bits per heavy atom. The van der Waals surface area contributed by atoms with Gasteiger partial charge in [-0.3, -0.25) is 0 Å². The Hall–Kier alpha value is -0.290. The third kappa shape index (κ3) is 1.95. The summed E-state index contributed by atoms with van der Waals surface area (Å²) in [5.41, 5.74) is 6.21. The zero-order valence-electron chi connectivity index (χ0n) is 9.74. The molecule has 0 spiro atoms. The quantitative estimate of drug-likeness (QED) is 0.864. The van der Waals surface area contributed by atoms with Crippen LogP contribution in [0.4, 0.5) is 0 Å². The molecule has 1 aromatic rings. The molecular weight excluding hydrogens is 313 g/mol. The second-order valence-electron chi connectivity index (χ2n) is 4.74. The van der Waals surface area contributed by atoms with E-state index in [0.717, 1.165) is 18.6 Å². The normalized spacial score (nSPS) is 33.2. The average Bonchev–Trinajstić information content (AvgIpc) is 2.30. The molecule has 0 amide bonds. The minimum absolute atomic E-state index is 0.138. The fourth-order valence-electron chi connectivity index (χ4n) is 2.21. The monoisotopic (exact) mass is 331 g/mol. The van der Waals surface area contributed by atoms with Crippen LogP contribution in [0, 0.1) is 8.99 Å². The van der Waals surface area contributed by atoms with Crippen LogP contribution < -0.4 is 10.5 Å². The molecule has 3 heteroatoms. The Balaban J connectivity index is 2.10. The Morgan fingerprint density at radius 3 is 2.75 bits per heavy atom. The molecule has 0 radical (unpaired) electrons. The summed E-state index contributed by atoms with van der Waals surface area (Å²) in [5, 5.41) is 0. The van der Waals surface area contributed by atoms with Crippen molar-refractivity contribution in [3.63, 3.8) is 0 Å². The molecule has 0 heterocycles. The minimum atomic E-state index is 0.138. The first kappa shape index (κ1) is 12.2. The van der Waals surface area contributed by atoms with Gasteiger partial charge in [-0.1, -0.05) is 26.0 Å². The fourth-order valence-corrected chi connectivity index (χ4v) is 2.73. The highest BCUT2D eigenvalue weighted by atomic mass is 127. The highest BCUT2D eigenvalue weighted by molar-refractivity contribution is 14.1. The molecule has 3 unspecified atom stereocenters. The topological polar surface area (TPSA) is 35.2 Å². The van der Waals surface area contributed by atoms with Gasteiger partial charge in [0.15, 0.2) is 0 Å². The largest absolute Gasteiger partial charge is 0.489 e. The van der Waals surface area contributed by atoms with Crippen molar-refractivity contribution < 1.29 is 4.74 Å². The van der Waals surface area contributed by atoms with E-state index in [1.54, 1.807) is 0 Å². The zero-order valence-corrected chi connectivity index (χ0v) is 11.9. The highest BCUT2D eigenvalue weighted by Gasteiger charge is 2.50. The maximum atomic E-state index is 6.07. The van der Waals surface area contributed by atoms with Crippen molar-refractivity contribution in [1.29, 1.82) is 0 Å². The van der Waals surface area contributed by atoms with Crippen molar-refractivity contribution in [2.45, 2.75) is 38.8 Å². The lowest BCUT2D eigenvalue weighted by molar-refractivity contribution is -0.0564. The van der Waals surface area contributed by atoms with Gasteiger partial charge in [0.05, 0.1) is 3.57 Å². The van der Waals surface area contributed by atoms with Gasteiger partial charge in [-0.25, -0.2) is 0 Å². The lowest BCUT2D eigenvalue weighted by Crippen LogP contribution is -2.61. The van der Waals surface area contributed by atoms with Crippen LogP contribution in [0.15, 0.2) is 24.3 Å². The molecule has 0 saturated heterocycles. The summed E-state index contributed by atoms with van der Waals surface area (Å²) in [5.74, 6) is 0.986. The van der Waals surface area contributed by atoms with Crippen molar-refractivity contribution in [2.75, 3.05) is 0 Å². The van der Waals surface area contributed by atoms with E-state index >= 15 is 0 Å². The van der Waals surface area contributed by atoms with Crippen LogP contribution in [0.3, 0.4) is 0 Å². The van der Waals surface area contributed by atoms with Crippen LogP contribution in [0.5, 0.6) is 5.75 Å². The predicted octanol–water partition coefficient (Wildman–Crippen LogP) is 3.19. The van der Waals surface area contributed by atoms with Crippen LogP contribution in [0.25, 0.3) is 0 Å². The summed E-state index contributed by atoms with van der Waals surface area (Å²) in [6.07, 6.45) is 2.31. The second-order valence-corrected chi connectivity index (χ2v) is 5.90. The van der Waals surface area contributed by atoms with Gasteiger partial charge in [-0.15, -0.1) is 0 Å². The number of benzene rings is 1. The third-order valence-corrected chi connectivity index (χ3v) is 4.81. The molecule has 2 N–H and O–H groups in total. The molecule has 16 heavy (non-hydrogen) atoms. The average molecular weight is 331 g/mol. The maximum absolute atomic E-state index is 6.07.